The lowest BCUT2D eigenvalue weighted by Crippen LogP contribution is -2.10. The van der Waals surface area contributed by atoms with Gasteiger partial charge in [0.15, 0.2) is 0 Å². The van der Waals surface area contributed by atoms with Crippen LogP contribution in [0, 0.1) is 13.8 Å². The van der Waals surface area contributed by atoms with Gasteiger partial charge >= 0.3 is 0 Å². The standard InChI is InChI=1S/C13H16BrN3/c1-8-4-11(5-9(2)13(8)14)17-7-16-6-12(17)10(3)15/h4-7,10H,15H2,1-3H3. The molecule has 2 N–H and O–H groups in total. The molecule has 4 heteroatoms. The minimum atomic E-state index is -0.0261. The Morgan fingerprint density at radius 1 is 1.29 bits per heavy atom. The van der Waals surface area contributed by atoms with Crippen LogP contribution in [-0.2, 0) is 0 Å². The molecule has 0 saturated heterocycles. The van der Waals surface area contributed by atoms with E-state index in [-0.39, 0.29) is 6.04 Å². The molecular formula is C13H16BrN3. The first-order valence-electron chi connectivity index (χ1n) is 5.55. The molecule has 90 valence electrons. The third-order valence-corrected chi connectivity index (χ3v) is 4.08. The molecule has 17 heavy (non-hydrogen) atoms. The van der Waals surface area contributed by atoms with Crippen molar-refractivity contribution in [3.05, 3.63) is 46.0 Å². The van der Waals surface area contributed by atoms with Crippen LogP contribution in [0.5, 0.6) is 0 Å². The Labute approximate surface area is 110 Å². The summed E-state index contributed by atoms with van der Waals surface area (Å²) in [7, 11) is 0. The fraction of sp³-hybridized carbons (Fsp3) is 0.308. The van der Waals surface area contributed by atoms with Crippen molar-refractivity contribution in [2.45, 2.75) is 26.8 Å². The van der Waals surface area contributed by atoms with Gasteiger partial charge in [-0.1, -0.05) is 15.9 Å². The van der Waals surface area contributed by atoms with Gasteiger partial charge in [-0.3, -0.25) is 0 Å². The SMILES string of the molecule is Cc1cc(-n2cncc2C(C)N)cc(C)c1Br. The van der Waals surface area contributed by atoms with E-state index in [0.717, 1.165) is 15.9 Å². The zero-order chi connectivity index (χ0) is 12.6. The van der Waals surface area contributed by atoms with Gasteiger partial charge in [0.2, 0.25) is 0 Å². The van der Waals surface area contributed by atoms with E-state index < -0.39 is 0 Å². The fourth-order valence-electron chi connectivity index (χ4n) is 1.92. The van der Waals surface area contributed by atoms with E-state index in [1.165, 1.54) is 11.1 Å². The molecule has 0 aliphatic carbocycles. The maximum absolute atomic E-state index is 5.93. The number of nitrogens with two attached hydrogens (primary N) is 1. The van der Waals surface area contributed by atoms with Crippen LogP contribution in [0.4, 0.5) is 0 Å². The summed E-state index contributed by atoms with van der Waals surface area (Å²) in [6.07, 6.45) is 3.62. The summed E-state index contributed by atoms with van der Waals surface area (Å²) in [6, 6.07) is 4.23. The second kappa shape index (κ2) is 4.63. The van der Waals surface area contributed by atoms with Crippen molar-refractivity contribution in [3.8, 4) is 5.69 Å². The van der Waals surface area contributed by atoms with Crippen molar-refractivity contribution in [2.75, 3.05) is 0 Å². The van der Waals surface area contributed by atoms with Crippen molar-refractivity contribution in [3.63, 3.8) is 0 Å². The van der Waals surface area contributed by atoms with Crippen LogP contribution in [-0.4, -0.2) is 9.55 Å². The van der Waals surface area contributed by atoms with Crippen LogP contribution in [0.1, 0.15) is 29.8 Å². The lowest BCUT2D eigenvalue weighted by Gasteiger charge is -2.13. The molecule has 1 unspecified atom stereocenters. The second-order valence-electron chi connectivity index (χ2n) is 4.37. The molecule has 0 saturated carbocycles. The highest BCUT2D eigenvalue weighted by Gasteiger charge is 2.10. The molecule has 0 aliphatic heterocycles. The number of nitrogens with zero attached hydrogens (tertiary/aromatic N) is 2. The lowest BCUT2D eigenvalue weighted by molar-refractivity contribution is 0.752. The topological polar surface area (TPSA) is 43.8 Å². The average molecular weight is 294 g/mol. The van der Waals surface area contributed by atoms with Crippen molar-refractivity contribution in [1.29, 1.82) is 0 Å². The van der Waals surface area contributed by atoms with E-state index in [4.69, 9.17) is 5.73 Å². The third kappa shape index (κ3) is 2.28. The van der Waals surface area contributed by atoms with E-state index in [1.807, 2.05) is 17.7 Å². The number of rotatable bonds is 2. The highest BCUT2D eigenvalue weighted by atomic mass is 79.9. The van der Waals surface area contributed by atoms with Crippen LogP contribution >= 0.6 is 15.9 Å². The molecule has 1 aromatic carbocycles. The molecule has 3 nitrogen and oxygen atoms in total. The second-order valence-corrected chi connectivity index (χ2v) is 5.16. The molecule has 0 aliphatic rings. The molecule has 1 atom stereocenters. The van der Waals surface area contributed by atoms with E-state index in [9.17, 15) is 0 Å². The van der Waals surface area contributed by atoms with Crippen LogP contribution < -0.4 is 5.73 Å². The predicted molar refractivity (Wildman–Crippen MR) is 73.3 cm³/mol. The Kier molecular flexibility index (Phi) is 3.35. The summed E-state index contributed by atoms with van der Waals surface area (Å²) < 4.78 is 3.20. The zero-order valence-corrected chi connectivity index (χ0v) is 11.8. The Hall–Kier alpha value is -1.13. The van der Waals surface area contributed by atoms with Crippen molar-refractivity contribution < 1.29 is 0 Å². The number of benzene rings is 1. The molecule has 2 aromatic rings. The number of halogens is 1. The summed E-state index contributed by atoms with van der Waals surface area (Å²) in [5.74, 6) is 0. The van der Waals surface area contributed by atoms with Crippen molar-refractivity contribution >= 4 is 15.9 Å². The molecule has 0 radical (unpaired) electrons. The molecular weight excluding hydrogens is 278 g/mol. The van der Waals surface area contributed by atoms with Gasteiger partial charge in [-0.25, -0.2) is 4.98 Å². The molecule has 1 aromatic heterocycles. The van der Waals surface area contributed by atoms with Gasteiger partial charge in [0.25, 0.3) is 0 Å². The molecule has 1 heterocycles. The van der Waals surface area contributed by atoms with E-state index >= 15 is 0 Å². The first-order valence-corrected chi connectivity index (χ1v) is 6.35. The smallest absolute Gasteiger partial charge is 0.0994 e. The van der Waals surface area contributed by atoms with Gasteiger partial charge in [0.05, 0.1) is 18.2 Å². The van der Waals surface area contributed by atoms with Gasteiger partial charge in [-0.2, -0.15) is 0 Å². The quantitative estimate of drug-likeness (QED) is 0.923. The zero-order valence-electron chi connectivity index (χ0n) is 10.2. The highest BCUT2D eigenvalue weighted by Crippen LogP contribution is 2.25. The number of aromatic nitrogens is 2. The summed E-state index contributed by atoms with van der Waals surface area (Å²) in [6.45, 7) is 6.14. The maximum atomic E-state index is 5.93. The molecule has 2 rings (SSSR count). The van der Waals surface area contributed by atoms with E-state index in [0.29, 0.717) is 0 Å². The summed E-state index contributed by atoms with van der Waals surface area (Å²) in [5.41, 5.74) is 10.5. The summed E-state index contributed by atoms with van der Waals surface area (Å²) in [4.78, 5) is 4.17. The number of hydrogen-bond acceptors (Lipinski definition) is 2. The van der Waals surface area contributed by atoms with Crippen molar-refractivity contribution in [1.82, 2.24) is 9.55 Å². The minimum Gasteiger partial charge on any atom is -0.323 e. The summed E-state index contributed by atoms with van der Waals surface area (Å²) in [5, 5.41) is 0. The largest absolute Gasteiger partial charge is 0.323 e. The number of hydrogen-bond donors (Lipinski definition) is 1. The monoisotopic (exact) mass is 293 g/mol. The number of imidazole rings is 1. The Morgan fingerprint density at radius 2 is 1.88 bits per heavy atom. The minimum absolute atomic E-state index is 0.0261. The predicted octanol–water partition coefficient (Wildman–Crippen LogP) is 3.27. The van der Waals surface area contributed by atoms with Gasteiger partial charge in [-0.15, -0.1) is 0 Å². The summed E-state index contributed by atoms with van der Waals surface area (Å²) >= 11 is 3.57. The fourth-order valence-corrected chi connectivity index (χ4v) is 2.15. The first kappa shape index (κ1) is 12.3. The molecule has 0 fully saturated rings. The lowest BCUT2D eigenvalue weighted by atomic mass is 10.1. The van der Waals surface area contributed by atoms with Crippen LogP contribution in [0.3, 0.4) is 0 Å². The van der Waals surface area contributed by atoms with Gasteiger partial charge in [0, 0.05) is 16.2 Å². The molecule has 0 amide bonds. The van der Waals surface area contributed by atoms with Gasteiger partial charge < -0.3 is 10.3 Å². The Bertz CT molecular complexity index is 520. The van der Waals surface area contributed by atoms with E-state index in [2.05, 4.69) is 46.9 Å². The van der Waals surface area contributed by atoms with Crippen molar-refractivity contribution in [2.24, 2.45) is 5.73 Å². The maximum Gasteiger partial charge on any atom is 0.0994 e. The third-order valence-electron chi connectivity index (χ3n) is 2.83. The highest BCUT2D eigenvalue weighted by molar-refractivity contribution is 9.10. The van der Waals surface area contributed by atoms with E-state index in [1.54, 1.807) is 6.33 Å². The van der Waals surface area contributed by atoms with Crippen LogP contribution in [0.2, 0.25) is 0 Å². The van der Waals surface area contributed by atoms with Gasteiger partial charge in [0.1, 0.15) is 0 Å². The number of aryl methyl sites for hydroxylation is 2. The van der Waals surface area contributed by atoms with Crippen LogP contribution in [0.25, 0.3) is 5.69 Å². The molecule has 0 bridgehead atoms. The normalized spacial score (nSPS) is 12.8. The first-order chi connectivity index (χ1) is 8.00. The Balaban J connectivity index is 2.57. The van der Waals surface area contributed by atoms with Gasteiger partial charge in [-0.05, 0) is 44.0 Å². The van der Waals surface area contributed by atoms with Crippen LogP contribution in [0.15, 0.2) is 29.1 Å². The molecule has 0 spiro atoms. The average Bonchev–Trinajstić information content (AvgIpc) is 2.74. The Morgan fingerprint density at radius 3 is 2.41 bits per heavy atom.